The van der Waals surface area contributed by atoms with Gasteiger partial charge in [-0.2, -0.15) is 0 Å². The highest BCUT2D eigenvalue weighted by atomic mass is 32.2. The zero-order chi connectivity index (χ0) is 36.7. The number of carbonyl (C=O) groups excluding carboxylic acids is 1. The second kappa shape index (κ2) is 17.8. The van der Waals surface area contributed by atoms with Crippen LogP contribution in [-0.4, -0.2) is 110 Å². The predicted octanol–water partition coefficient (Wildman–Crippen LogP) is 4.12. The Hall–Kier alpha value is -3.07. The van der Waals surface area contributed by atoms with Gasteiger partial charge in [0.25, 0.3) is 5.91 Å². The van der Waals surface area contributed by atoms with Gasteiger partial charge in [0.2, 0.25) is 0 Å². The van der Waals surface area contributed by atoms with E-state index in [1.165, 1.54) is 0 Å². The molecule has 1 aromatic heterocycles. The first-order valence-corrected chi connectivity index (χ1v) is 19.5. The monoisotopic (exact) mass is 736 g/mol. The van der Waals surface area contributed by atoms with Crippen molar-refractivity contribution in [1.29, 1.82) is 0 Å². The van der Waals surface area contributed by atoms with E-state index in [2.05, 4.69) is 42.2 Å². The third-order valence-corrected chi connectivity index (χ3v) is 11.4. The van der Waals surface area contributed by atoms with Crippen molar-refractivity contribution in [2.45, 2.75) is 112 Å². The Morgan fingerprint density at radius 2 is 1.77 bits per heavy atom. The number of thioether (sulfide) groups is 1. The fourth-order valence-electron chi connectivity index (χ4n) is 6.75. The van der Waals surface area contributed by atoms with E-state index < -0.39 is 36.9 Å². The molecule has 6 rings (SSSR count). The number of aryl methyl sites for hydroxylation is 1. The van der Waals surface area contributed by atoms with E-state index >= 15 is 0 Å². The van der Waals surface area contributed by atoms with Gasteiger partial charge in [-0.3, -0.25) is 9.78 Å². The normalized spacial score (nSPS) is 19.4. The van der Waals surface area contributed by atoms with Crippen LogP contribution in [-0.2, 0) is 26.5 Å². The largest absolute Gasteiger partial charge is 0.490 e. The maximum absolute atomic E-state index is 13.3. The van der Waals surface area contributed by atoms with E-state index in [0.717, 1.165) is 76.3 Å². The number of pyridine rings is 1. The Bertz CT molecular complexity index is 1630. The van der Waals surface area contributed by atoms with E-state index in [-0.39, 0.29) is 11.6 Å². The van der Waals surface area contributed by atoms with Crippen molar-refractivity contribution < 1.29 is 44.5 Å². The highest BCUT2D eigenvalue weighted by molar-refractivity contribution is 7.99. The van der Waals surface area contributed by atoms with Crippen LogP contribution >= 0.6 is 11.8 Å². The van der Waals surface area contributed by atoms with Crippen LogP contribution in [0.25, 0.3) is 11.1 Å². The van der Waals surface area contributed by atoms with Gasteiger partial charge in [0.1, 0.15) is 24.1 Å². The number of amides is 1. The summed E-state index contributed by atoms with van der Waals surface area (Å²) in [5.41, 5.74) is 5.18. The quantitative estimate of drug-likeness (QED) is 0.0890. The summed E-state index contributed by atoms with van der Waals surface area (Å²) in [4.78, 5) is 20.5. The predicted molar refractivity (Wildman–Crippen MR) is 197 cm³/mol. The molecule has 3 aromatic rings. The van der Waals surface area contributed by atoms with Crippen LogP contribution in [0.4, 0.5) is 0 Å². The molecule has 52 heavy (non-hydrogen) atoms. The molecule has 0 radical (unpaired) electrons. The summed E-state index contributed by atoms with van der Waals surface area (Å²) in [5.74, 6) is 1.02. The van der Waals surface area contributed by atoms with Crippen LogP contribution in [0.3, 0.4) is 0 Å². The molecule has 4 atom stereocenters. The third kappa shape index (κ3) is 9.53. The van der Waals surface area contributed by atoms with Gasteiger partial charge in [-0.1, -0.05) is 24.3 Å². The molecule has 0 spiro atoms. The first kappa shape index (κ1) is 38.6. The first-order chi connectivity index (χ1) is 25.2. The van der Waals surface area contributed by atoms with Crippen molar-refractivity contribution in [3.8, 4) is 16.9 Å². The van der Waals surface area contributed by atoms with Gasteiger partial charge >= 0.3 is 0 Å². The number of ether oxygens (including phenoxy) is 3. The Kier molecular flexibility index (Phi) is 13.3. The molecule has 2 heterocycles. The summed E-state index contributed by atoms with van der Waals surface area (Å²) >= 11 is 1.74. The molecule has 0 bridgehead atoms. The highest BCUT2D eigenvalue weighted by Crippen LogP contribution is 2.53. The van der Waals surface area contributed by atoms with Gasteiger partial charge in [0, 0.05) is 54.2 Å². The average molecular weight is 737 g/mol. The molecule has 282 valence electrons. The molecule has 2 aliphatic carbocycles. The molecule has 12 heteroatoms. The minimum absolute atomic E-state index is 0.168. The van der Waals surface area contributed by atoms with Crippen LogP contribution in [0, 0.1) is 6.92 Å². The number of para-hydroxylation sites is 1. The molecule has 2 saturated carbocycles. The molecular formula is C40H52N2O9S. The molecule has 3 aliphatic rings. The maximum atomic E-state index is 13.3. The Morgan fingerprint density at radius 1 is 1.00 bits per heavy atom. The van der Waals surface area contributed by atoms with E-state index in [0.29, 0.717) is 51.7 Å². The zero-order valence-electron chi connectivity index (χ0n) is 29.8. The number of carbonyl (C=O) groups is 1. The zero-order valence-corrected chi connectivity index (χ0v) is 30.6. The van der Waals surface area contributed by atoms with Crippen LogP contribution < -0.4 is 4.74 Å². The molecular weight excluding hydrogens is 685 g/mol. The van der Waals surface area contributed by atoms with Gasteiger partial charge in [-0.05, 0) is 105 Å². The average Bonchev–Trinajstić information content (AvgIpc) is 4.13. The number of nitrogens with zero attached hydrogens (tertiary/aromatic N) is 2. The van der Waals surface area contributed by atoms with Gasteiger partial charge in [0.15, 0.2) is 6.10 Å². The SMILES string of the molecule is Cc1ccc(SCCCCN(C(=O)[C@@H](O)[C@@H](O)[C@H](O)[C@@H](O)CO)C2CCOCC2)cc1COC1(c2cnccc2-c2ccccc2OC2CC2)CC1. The maximum Gasteiger partial charge on any atom is 0.254 e. The summed E-state index contributed by atoms with van der Waals surface area (Å²) in [6.07, 6.45) is 3.42. The van der Waals surface area contributed by atoms with Gasteiger partial charge in [-0.15, -0.1) is 11.8 Å². The molecule has 1 aliphatic heterocycles. The summed E-state index contributed by atoms with van der Waals surface area (Å²) in [7, 11) is 0. The van der Waals surface area contributed by atoms with Crippen LogP contribution in [0.2, 0.25) is 0 Å². The summed E-state index contributed by atoms with van der Waals surface area (Å²) in [6, 6.07) is 16.6. The molecule has 1 saturated heterocycles. The lowest BCUT2D eigenvalue weighted by atomic mass is 9.96. The molecule has 2 aromatic carbocycles. The van der Waals surface area contributed by atoms with Gasteiger partial charge < -0.3 is 44.6 Å². The van der Waals surface area contributed by atoms with Crippen molar-refractivity contribution in [1.82, 2.24) is 9.88 Å². The lowest BCUT2D eigenvalue weighted by molar-refractivity contribution is -0.162. The van der Waals surface area contributed by atoms with Crippen LogP contribution in [0.5, 0.6) is 5.75 Å². The van der Waals surface area contributed by atoms with Crippen molar-refractivity contribution >= 4 is 17.7 Å². The number of rotatable bonds is 19. The lowest BCUT2D eigenvalue weighted by Gasteiger charge is -2.37. The van der Waals surface area contributed by atoms with E-state index in [1.807, 2.05) is 30.6 Å². The van der Waals surface area contributed by atoms with Crippen molar-refractivity contribution in [2.75, 3.05) is 32.1 Å². The lowest BCUT2D eigenvalue weighted by Crippen LogP contribution is -2.55. The third-order valence-electron chi connectivity index (χ3n) is 10.3. The number of aliphatic hydroxyl groups excluding tert-OH is 5. The minimum atomic E-state index is -1.93. The number of unbranched alkanes of at least 4 members (excludes halogenated alkanes) is 1. The molecule has 5 N–H and O–H groups in total. The fraction of sp³-hybridized carbons (Fsp3) is 0.550. The van der Waals surface area contributed by atoms with E-state index in [9.17, 15) is 25.2 Å². The van der Waals surface area contributed by atoms with E-state index in [4.69, 9.17) is 19.3 Å². The van der Waals surface area contributed by atoms with Gasteiger partial charge in [0.05, 0.1) is 24.9 Å². The number of aromatic nitrogens is 1. The number of hydrogen-bond donors (Lipinski definition) is 5. The second-order valence-electron chi connectivity index (χ2n) is 14.2. The smallest absolute Gasteiger partial charge is 0.254 e. The topological polar surface area (TPSA) is 162 Å². The number of hydrogen-bond acceptors (Lipinski definition) is 11. The summed E-state index contributed by atoms with van der Waals surface area (Å²) in [5, 5.41) is 49.9. The molecule has 1 amide bonds. The van der Waals surface area contributed by atoms with Crippen molar-refractivity contribution in [3.05, 3.63) is 77.6 Å². The molecule has 3 fully saturated rings. The fourth-order valence-corrected chi connectivity index (χ4v) is 7.72. The van der Waals surface area contributed by atoms with Crippen LogP contribution in [0.1, 0.15) is 68.1 Å². The van der Waals surface area contributed by atoms with Crippen molar-refractivity contribution in [2.24, 2.45) is 0 Å². The minimum Gasteiger partial charge on any atom is -0.490 e. The van der Waals surface area contributed by atoms with Crippen molar-refractivity contribution in [3.63, 3.8) is 0 Å². The van der Waals surface area contributed by atoms with Crippen LogP contribution in [0.15, 0.2) is 65.8 Å². The number of aliphatic hydroxyl groups is 5. The molecule has 11 nitrogen and oxygen atoms in total. The second-order valence-corrected chi connectivity index (χ2v) is 15.4. The summed E-state index contributed by atoms with van der Waals surface area (Å²) < 4.78 is 18.5. The molecule has 0 unspecified atom stereocenters. The van der Waals surface area contributed by atoms with E-state index in [1.54, 1.807) is 16.7 Å². The Balaban J connectivity index is 1.04. The van der Waals surface area contributed by atoms with Gasteiger partial charge in [-0.25, -0.2) is 0 Å². The Morgan fingerprint density at radius 3 is 2.50 bits per heavy atom. The first-order valence-electron chi connectivity index (χ1n) is 18.5. The Labute approximate surface area is 309 Å². The summed E-state index contributed by atoms with van der Waals surface area (Å²) in [6.45, 7) is 3.12. The highest BCUT2D eigenvalue weighted by Gasteiger charge is 2.48. The number of benzene rings is 2. The standard InChI is InChI=1S/C40H52N2O9S/c1-26-8-11-30(52-21-5-4-18-42(28-13-19-49-20-14-28)39(48)38(47)37(46)36(45)34(44)24-43)22-27(26)25-50-40(15-16-40)33-23-41-17-12-31(33)32-6-2-3-7-35(32)51-29-9-10-29/h2-3,6-8,11-12,17,22-23,28-29,34,36-38,43-47H,4-5,9-10,13-16,18-21,24-25H2,1H3/t34-,36+,37-,38-/m0/s1.